The van der Waals surface area contributed by atoms with Crippen molar-refractivity contribution in [3.8, 4) is 55.9 Å². The molecule has 312 valence electrons. The second-order valence-electron chi connectivity index (χ2n) is 16.6. The molecule has 5 heterocycles. The number of aromatic nitrogens is 4. The number of rotatable bonds is 8. The summed E-state index contributed by atoms with van der Waals surface area (Å²) in [4.78, 5) is 18.1. The highest BCUT2D eigenvalue weighted by Crippen LogP contribution is 2.59. The summed E-state index contributed by atoms with van der Waals surface area (Å²) in [5.41, 5.74) is 14.0. The molecule has 0 fully saturated rings. The molecule has 0 spiro atoms. The smallest absolute Gasteiger partial charge is 0.151 e. The quantitative estimate of drug-likeness (QED) is 0.0858. The summed E-state index contributed by atoms with van der Waals surface area (Å²) in [6.45, 7) is 0. The van der Waals surface area contributed by atoms with Gasteiger partial charge in [0, 0.05) is 95.0 Å². The average molecular weight is 851 g/mol. The molecule has 12 rings (SSSR count). The van der Waals surface area contributed by atoms with Gasteiger partial charge in [-0.15, -0.1) is 0 Å². The van der Waals surface area contributed by atoms with Crippen molar-refractivity contribution in [2.24, 2.45) is 0 Å². The Balaban J connectivity index is 0.905. The predicted octanol–water partition coefficient (Wildman–Crippen LogP) is 15.2. The molecule has 0 radical (unpaired) electrons. The van der Waals surface area contributed by atoms with Gasteiger partial charge in [-0.1, -0.05) is 115 Å². The lowest BCUT2D eigenvalue weighted by atomic mass is 10.0. The zero-order valence-electron chi connectivity index (χ0n) is 35.4. The summed E-state index contributed by atoms with van der Waals surface area (Å²) >= 11 is 0. The number of benzene rings is 7. The van der Waals surface area contributed by atoms with Crippen LogP contribution in [0.15, 0.2) is 231 Å². The van der Waals surface area contributed by atoms with Gasteiger partial charge in [0.25, 0.3) is 0 Å². The molecule has 0 saturated carbocycles. The minimum absolute atomic E-state index is 0.485. The van der Waals surface area contributed by atoms with Crippen molar-refractivity contribution in [3.05, 3.63) is 241 Å². The van der Waals surface area contributed by atoms with Crippen LogP contribution >= 0.6 is 0 Å². The molecule has 1 aliphatic rings. The van der Waals surface area contributed by atoms with Crippen LogP contribution in [-0.2, 0) is 0 Å². The van der Waals surface area contributed by atoms with Crippen molar-refractivity contribution in [2.45, 2.75) is 0 Å². The Morgan fingerprint density at radius 2 is 0.909 bits per heavy atom. The second kappa shape index (κ2) is 15.6. The minimum Gasteiger partial charge on any atom is -0.616 e. The first-order chi connectivity index (χ1) is 32.4. The Bertz CT molecular complexity index is 3640. The van der Waals surface area contributed by atoms with Crippen molar-refractivity contribution < 1.29 is 0 Å². The lowest BCUT2D eigenvalue weighted by Gasteiger charge is -2.42. The Labute approximate surface area is 381 Å². The van der Waals surface area contributed by atoms with E-state index in [4.69, 9.17) is 9.97 Å². The van der Waals surface area contributed by atoms with Gasteiger partial charge in [-0.25, -0.2) is 9.97 Å². The number of quaternary nitrogens is 2. The predicted molar refractivity (Wildman–Crippen MR) is 268 cm³/mol. The van der Waals surface area contributed by atoms with E-state index in [0.29, 0.717) is 34.1 Å². The molecule has 2 atom stereocenters. The minimum atomic E-state index is -0.868. The zero-order chi connectivity index (χ0) is 44.2. The van der Waals surface area contributed by atoms with Crippen LogP contribution in [0.25, 0.3) is 77.7 Å². The van der Waals surface area contributed by atoms with Gasteiger partial charge in [0.1, 0.15) is 22.7 Å². The number of hydrogen-bond donors (Lipinski definition) is 0. The van der Waals surface area contributed by atoms with Crippen LogP contribution in [0.1, 0.15) is 0 Å². The van der Waals surface area contributed by atoms with E-state index in [-0.39, 0.29) is 0 Å². The molecule has 0 aliphatic carbocycles. The monoisotopic (exact) mass is 850 g/mol. The number of pyridine rings is 4. The third kappa shape index (κ3) is 6.48. The van der Waals surface area contributed by atoms with Crippen LogP contribution in [0.2, 0.25) is 0 Å². The van der Waals surface area contributed by atoms with Gasteiger partial charge in [0.2, 0.25) is 0 Å². The van der Waals surface area contributed by atoms with Gasteiger partial charge in [-0.3, -0.25) is 19.3 Å². The molecule has 0 bridgehead atoms. The number of nitrogens with zero attached hydrogens (tertiary/aromatic N) is 6. The summed E-state index contributed by atoms with van der Waals surface area (Å²) in [6, 6.07) is 67.0. The first kappa shape index (κ1) is 39.1. The van der Waals surface area contributed by atoms with Gasteiger partial charge < -0.3 is 10.4 Å². The summed E-state index contributed by atoms with van der Waals surface area (Å²) in [6.07, 6.45) is 7.09. The van der Waals surface area contributed by atoms with Crippen molar-refractivity contribution in [1.82, 2.24) is 29.2 Å². The second-order valence-corrected chi connectivity index (χ2v) is 16.6. The number of fused-ring (bicyclic) bond motifs is 5. The average Bonchev–Trinajstić information content (AvgIpc) is 3.66. The van der Waals surface area contributed by atoms with E-state index < -0.39 is 9.29 Å². The van der Waals surface area contributed by atoms with Gasteiger partial charge in [-0.05, 0) is 52.6 Å². The Morgan fingerprint density at radius 1 is 0.379 bits per heavy atom. The maximum Gasteiger partial charge on any atom is 0.151 e. The molecule has 8 nitrogen and oxygen atoms in total. The fraction of sp³-hybridized carbons (Fsp3) is 0. The van der Waals surface area contributed by atoms with Crippen LogP contribution in [0, 0.1) is 10.4 Å². The number of hydrogen-bond acceptors (Lipinski definition) is 6. The third-order valence-corrected chi connectivity index (χ3v) is 12.8. The summed E-state index contributed by atoms with van der Waals surface area (Å²) < 4.78 is -1.67. The lowest BCUT2D eigenvalue weighted by Crippen LogP contribution is -2.32. The standard InChI is InChI=1S/C58H38N6O2/c65-63(47-10-2-1-3-11-47,48-12-6-8-45(34-48)39-16-20-41(21-17-39)53-27-24-43-30-32-59-37-55(43)61-53)50-26-29-58-52(36-50)51-14-4-5-15-57(51)64(58,66)49-13-7-9-46(35-49)40-18-22-42(23-19-40)54-28-25-44-31-33-60-38-56(44)62-54/h1-38H. The van der Waals surface area contributed by atoms with Crippen LogP contribution in [0.4, 0.5) is 34.1 Å². The molecule has 2 unspecified atom stereocenters. The molecule has 0 saturated heterocycles. The molecular weight excluding hydrogens is 813 g/mol. The van der Waals surface area contributed by atoms with Gasteiger partial charge >= 0.3 is 0 Å². The first-order valence-corrected chi connectivity index (χ1v) is 21.8. The maximum absolute atomic E-state index is 16.0. The molecule has 1 aliphatic heterocycles. The zero-order valence-corrected chi connectivity index (χ0v) is 35.4. The Kier molecular flexibility index (Phi) is 9.27. The molecule has 7 aromatic carbocycles. The summed E-state index contributed by atoms with van der Waals surface area (Å²) in [5.74, 6) is 0. The fourth-order valence-electron chi connectivity index (χ4n) is 9.36. The van der Waals surface area contributed by atoms with E-state index in [2.05, 4.69) is 70.6 Å². The van der Waals surface area contributed by atoms with Gasteiger partial charge in [0.05, 0.1) is 45.9 Å². The van der Waals surface area contributed by atoms with E-state index in [9.17, 15) is 0 Å². The molecular formula is C58H38N6O2. The van der Waals surface area contributed by atoms with E-state index >= 15 is 10.4 Å². The van der Waals surface area contributed by atoms with E-state index in [1.165, 1.54) is 0 Å². The van der Waals surface area contributed by atoms with E-state index in [0.717, 1.165) is 77.7 Å². The van der Waals surface area contributed by atoms with Crippen LogP contribution in [0.3, 0.4) is 0 Å². The van der Waals surface area contributed by atoms with E-state index in [1.54, 1.807) is 24.8 Å². The van der Waals surface area contributed by atoms with Crippen molar-refractivity contribution in [1.29, 1.82) is 0 Å². The van der Waals surface area contributed by atoms with Gasteiger partial charge in [0.15, 0.2) is 11.4 Å². The van der Waals surface area contributed by atoms with Crippen LogP contribution in [0.5, 0.6) is 0 Å². The summed E-state index contributed by atoms with van der Waals surface area (Å²) in [7, 11) is 0. The SMILES string of the molecule is [O-][N+](c1ccccc1)(c1cccc(-c2ccc(-c3ccc4ccncc4n3)cc2)c1)c1ccc2c(c1)-c1ccccc1[N+]2([O-])c1cccc(-c2ccc(-c3ccc4ccncc4n3)cc2)c1. The molecule has 11 aromatic rings. The Morgan fingerprint density at radius 3 is 1.56 bits per heavy atom. The molecule has 4 aromatic heterocycles. The summed E-state index contributed by atoms with van der Waals surface area (Å²) in [5, 5.41) is 33.9. The molecule has 0 amide bonds. The highest BCUT2D eigenvalue weighted by Gasteiger charge is 2.41. The van der Waals surface area contributed by atoms with Crippen LogP contribution in [-0.4, -0.2) is 19.9 Å². The van der Waals surface area contributed by atoms with Crippen molar-refractivity contribution in [3.63, 3.8) is 0 Å². The highest BCUT2D eigenvalue weighted by atomic mass is 16.6. The molecule has 66 heavy (non-hydrogen) atoms. The Hall–Kier alpha value is -8.50. The van der Waals surface area contributed by atoms with Crippen molar-refractivity contribution in [2.75, 3.05) is 0 Å². The number of para-hydroxylation sites is 2. The lowest BCUT2D eigenvalue weighted by molar-refractivity contribution is 0.689. The largest absolute Gasteiger partial charge is 0.616 e. The fourth-order valence-corrected chi connectivity index (χ4v) is 9.36. The molecule has 8 heteroatoms. The first-order valence-electron chi connectivity index (χ1n) is 21.8. The van der Waals surface area contributed by atoms with Crippen molar-refractivity contribution >= 4 is 55.9 Å². The van der Waals surface area contributed by atoms with Gasteiger partial charge in [-0.2, -0.15) is 0 Å². The maximum atomic E-state index is 16.0. The normalized spacial score (nSPS) is 15.0. The van der Waals surface area contributed by atoms with Crippen LogP contribution < -0.4 is 9.29 Å². The molecule has 0 N–H and O–H groups in total. The van der Waals surface area contributed by atoms with E-state index in [1.807, 2.05) is 146 Å². The third-order valence-electron chi connectivity index (χ3n) is 12.8. The topological polar surface area (TPSA) is 97.7 Å². The highest BCUT2D eigenvalue weighted by molar-refractivity contribution is 6.00.